The van der Waals surface area contributed by atoms with Gasteiger partial charge in [0.25, 0.3) is 0 Å². The molecular weight excluding hydrogens is 317 g/mol. The number of nitrogens with two attached hydrogens (primary N) is 1. The van der Waals surface area contributed by atoms with Gasteiger partial charge in [-0.3, -0.25) is 4.90 Å². The van der Waals surface area contributed by atoms with Crippen LogP contribution in [0.15, 0.2) is 48.5 Å². The monoisotopic (exact) mass is 343 g/mol. The van der Waals surface area contributed by atoms with Crippen molar-refractivity contribution in [1.29, 1.82) is 0 Å². The Hall–Kier alpha value is -2.27. The molecule has 0 aliphatic carbocycles. The first kappa shape index (κ1) is 17.5. The van der Waals surface area contributed by atoms with Gasteiger partial charge in [-0.2, -0.15) is 0 Å². The van der Waals surface area contributed by atoms with Crippen LogP contribution in [0.4, 0.5) is 15.8 Å². The van der Waals surface area contributed by atoms with E-state index in [1.54, 1.807) is 6.07 Å². The second-order valence-corrected chi connectivity index (χ2v) is 6.40. The Kier molecular flexibility index (Phi) is 6.12. The van der Waals surface area contributed by atoms with Crippen LogP contribution in [0.1, 0.15) is 12.8 Å². The van der Waals surface area contributed by atoms with Crippen molar-refractivity contribution in [2.24, 2.45) is 0 Å². The first-order valence-electron chi connectivity index (χ1n) is 8.92. The fraction of sp³-hybridized carbons (Fsp3) is 0.400. The van der Waals surface area contributed by atoms with Gasteiger partial charge in [-0.25, -0.2) is 4.39 Å². The molecule has 134 valence electrons. The number of hydrogen-bond donors (Lipinski definition) is 1. The molecule has 2 aromatic carbocycles. The van der Waals surface area contributed by atoms with Crippen molar-refractivity contribution in [2.75, 3.05) is 50.0 Å². The SMILES string of the molecule is Nc1ccc(OCCCCN2CCN(c3ccccc3F)CC2)cc1. The van der Waals surface area contributed by atoms with Crippen LogP contribution >= 0.6 is 0 Å². The molecule has 2 N–H and O–H groups in total. The lowest BCUT2D eigenvalue weighted by Crippen LogP contribution is -2.46. The Morgan fingerprint density at radius 3 is 2.36 bits per heavy atom. The number of unbranched alkanes of at least 4 members (excludes halogenated alkanes) is 1. The highest BCUT2D eigenvalue weighted by Crippen LogP contribution is 2.20. The average Bonchev–Trinajstić information content (AvgIpc) is 2.64. The molecule has 1 aliphatic heterocycles. The van der Waals surface area contributed by atoms with E-state index in [1.807, 2.05) is 36.4 Å². The molecule has 0 aromatic heterocycles. The number of rotatable bonds is 7. The number of benzene rings is 2. The van der Waals surface area contributed by atoms with Gasteiger partial charge < -0.3 is 15.4 Å². The van der Waals surface area contributed by atoms with Crippen molar-refractivity contribution in [3.05, 3.63) is 54.3 Å². The van der Waals surface area contributed by atoms with E-state index in [9.17, 15) is 4.39 Å². The maximum Gasteiger partial charge on any atom is 0.146 e. The molecule has 25 heavy (non-hydrogen) atoms. The summed E-state index contributed by atoms with van der Waals surface area (Å²) >= 11 is 0. The zero-order valence-corrected chi connectivity index (χ0v) is 14.5. The summed E-state index contributed by atoms with van der Waals surface area (Å²) in [4.78, 5) is 4.58. The smallest absolute Gasteiger partial charge is 0.146 e. The Balaban J connectivity index is 1.32. The van der Waals surface area contributed by atoms with Crippen molar-refractivity contribution in [3.63, 3.8) is 0 Å². The van der Waals surface area contributed by atoms with E-state index in [2.05, 4.69) is 9.80 Å². The van der Waals surface area contributed by atoms with Gasteiger partial charge in [0.1, 0.15) is 11.6 Å². The number of para-hydroxylation sites is 1. The number of halogens is 1. The highest BCUT2D eigenvalue weighted by Gasteiger charge is 2.18. The van der Waals surface area contributed by atoms with Crippen LogP contribution in [0, 0.1) is 5.82 Å². The van der Waals surface area contributed by atoms with Crippen LogP contribution in [0.2, 0.25) is 0 Å². The summed E-state index contributed by atoms with van der Waals surface area (Å²) in [6.45, 7) is 5.50. The van der Waals surface area contributed by atoms with Crippen molar-refractivity contribution in [2.45, 2.75) is 12.8 Å². The topological polar surface area (TPSA) is 41.7 Å². The Morgan fingerprint density at radius 1 is 0.920 bits per heavy atom. The van der Waals surface area contributed by atoms with E-state index in [0.717, 1.165) is 69.3 Å². The Bertz CT molecular complexity index is 654. The second kappa shape index (κ2) is 8.72. The molecule has 2 aromatic rings. The third-order valence-corrected chi connectivity index (χ3v) is 4.58. The minimum absolute atomic E-state index is 0.129. The van der Waals surface area contributed by atoms with Gasteiger partial charge in [-0.15, -0.1) is 0 Å². The molecule has 0 unspecified atom stereocenters. The fourth-order valence-corrected chi connectivity index (χ4v) is 3.11. The number of nitrogen functional groups attached to an aromatic ring is 1. The van der Waals surface area contributed by atoms with Gasteiger partial charge >= 0.3 is 0 Å². The normalized spacial score (nSPS) is 15.3. The largest absolute Gasteiger partial charge is 0.494 e. The maximum atomic E-state index is 13.8. The van der Waals surface area contributed by atoms with Crippen molar-refractivity contribution in [3.8, 4) is 5.75 Å². The van der Waals surface area contributed by atoms with Crippen LogP contribution in [0.25, 0.3) is 0 Å². The molecular formula is C20H26FN3O. The molecule has 0 atom stereocenters. The summed E-state index contributed by atoms with van der Waals surface area (Å²) in [5.41, 5.74) is 7.13. The molecule has 4 nitrogen and oxygen atoms in total. The summed E-state index contributed by atoms with van der Waals surface area (Å²) in [6.07, 6.45) is 2.13. The molecule has 0 amide bonds. The van der Waals surface area contributed by atoms with E-state index in [1.165, 1.54) is 6.07 Å². The van der Waals surface area contributed by atoms with Crippen LogP contribution in [-0.4, -0.2) is 44.2 Å². The Labute approximate surface area is 149 Å². The highest BCUT2D eigenvalue weighted by molar-refractivity contribution is 5.48. The lowest BCUT2D eigenvalue weighted by molar-refractivity contribution is 0.238. The molecule has 3 rings (SSSR count). The van der Waals surface area contributed by atoms with E-state index in [0.29, 0.717) is 0 Å². The summed E-state index contributed by atoms with van der Waals surface area (Å²) in [7, 11) is 0. The summed E-state index contributed by atoms with van der Waals surface area (Å²) in [5.74, 6) is 0.739. The van der Waals surface area contributed by atoms with Gasteiger partial charge in [-0.05, 0) is 55.8 Å². The predicted molar refractivity (Wildman–Crippen MR) is 101 cm³/mol. The van der Waals surface area contributed by atoms with Gasteiger partial charge in [0.05, 0.1) is 12.3 Å². The number of anilines is 2. The van der Waals surface area contributed by atoms with Crippen molar-refractivity contribution < 1.29 is 9.13 Å². The molecule has 1 saturated heterocycles. The first-order chi connectivity index (χ1) is 12.2. The molecule has 1 fully saturated rings. The average molecular weight is 343 g/mol. The zero-order chi connectivity index (χ0) is 17.5. The standard InChI is InChI=1S/C20H26FN3O/c21-19-5-1-2-6-20(19)24-14-12-23(13-15-24)11-3-4-16-25-18-9-7-17(22)8-10-18/h1-2,5-10H,3-4,11-16,22H2. The third kappa shape index (κ3) is 5.10. The van der Waals surface area contributed by atoms with Gasteiger partial charge in [0, 0.05) is 31.9 Å². The predicted octanol–water partition coefficient (Wildman–Crippen LogP) is 3.39. The molecule has 5 heteroatoms. The number of ether oxygens (including phenoxy) is 1. The van der Waals surface area contributed by atoms with Crippen molar-refractivity contribution in [1.82, 2.24) is 4.90 Å². The molecule has 0 bridgehead atoms. The van der Waals surface area contributed by atoms with Crippen molar-refractivity contribution >= 4 is 11.4 Å². The molecule has 0 saturated carbocycles. The maximum absolute atomic E-state index is 13.8. The minimum atomic E-state index is -0.129. The van der Waals surface area contributed by atoms with Crippen LogP contribution < -0.4 is 15.4 Å². The summed E-state index contributed by atoms with van der Waals surface area (Å²) < 4.78 is 19.6. The van der Waals surface area contributed by atoms with Gasteiger partial charge in [0.15, 0.2) is 0 Å². The molecule has 1 heterocycles. The van der Waals surface area contributed by atoms with Crippen LogP contribution in [-0.2, 0) is 0 Å². The molecule has 0 spiro atoms. The number of nitrogens with zero attached hydrogens (tertiary/aromatic N) is 2. The van der Waals surface area contributed by atoms with Gasteiger partial charge in [-0.1, -0.05) is 12.1 Å². The first-order valence-corrected chi connectivity index (χ1v) is 8.92. The number of hydrogen-bond acceptors (Lipinski definition) is 4. The quantitative estimate of drug-likeness (QED) is 0.618. The molecule has 0 radical (unpaired) electrons. The third-order valence-electron chi connectivity index (χ3n) is 4.58. The zero-order valence-electron chi connectivity index (χ0n) is 14.5. The molecule has 1 aliphatic rings. The minimum Gasteiger partial charge on any atom is -0.494 e. The second-order valence-electron chi connectivity index (χ2n) is 6.40. The van der Waals surface area contributed by atoms with Crippen LogP contribution in [0.3, 0.4) is 0 Å². The van der Waals surface area contributed by atoms with E-state index in [4.69, 9.17) is 10.5 Å². The fourth-order valence-electron chi connectivity index (χ4n) is 3.11. The lowest BCUT2D eigenvalue weighted by atomic mass is 10.2. The summed E-state index contributed by atoms with van der Waals surface area (Å²) in [6, 6.07) is 14.5. The number of piperazine rings is 1. The van der Waals surface area contributed by atoms with Gasteiger partial charge in [0.2, 0.25) is 0 Å². The van der Waals surface area contributed by atoms with E-state index >= 15 is 0 Å². The highest BCUT2D eigenvalue weighted by atomic mass is 19.1. The van der Waals surface area contributed by atoms with E-state index in [-0.39, 0.29) is 5.82 Å². The van der Waals surface area contributed by atoms with Crippen LogP contribution in [0.5, 0.6) is 5.75 Å². The van der Waals surface area contributed by atoms with E-state index < -0.39 is 0 Å². The lowest BCUT2D eigenvalue weighted by Gasteiger charge is -2.36. The Morgan fingerprint density at radius 2 is 1.64 bits per heavy atom. The summed E-state index contributed by atoms with van der Waals surface area (Å²) in [5, 5.41) is 0.